The van der Waals surface area contributed by atoms with Crippen molar-refractivity contribution in [2.45, 2.75) is 26.9 Å². The molecule has 0 fully saturated rings. The van der Waals surface area contributed by atoms with Gasteiger partial charge in [0, 0.05) is 25.3 Å². The number of ether oxygens (including phenoxy) is 1. The Morgan fingerprint density at radius 2 is 1.91 bits per heavy atom. The SMILES string of the molecule is CCOCCn1cnc(-c2ccccc2)c1-c1ncnn1CC. The molecule has 0 aliphatic heterocycles. The van der Waals surface area contributed by atoms with E-state index in [-0.39, 0.29) is 0 Å². The molecule has 0 saturated heterocycles. The van der Waals surface area contributed by atoms with Gasteiger partial charge in [0.1, 0.15) is 12.0 Å². The molecule has 3 rings (SSSR count). The van der Waals surface area contributed by atoms with E-state index in [1.807, 2.05) is 36.1 Å². The van der Waals surface area contributed by atoms with E-state index < -0.39 is 0 Å². The summed E-state index contributed by atoms with van der Waals surface area (Å²) in [6, 6.07) is 10.2. The summed E-state index contributed by atoms with van der Waals surface area (Å²) in [5.41, 5.74) is 2.98. The van der Waals surface area contributed by atoms with Crippen LogP contribution in [0.5, 0.6) is 0 Å². The van der Waals surface area contributed by atoms with Crippen LogP contribution < -0.4 is 0 Å². The van der Waals surface area contributed by atoms with Gasteiger partial charge in [0.05, 0.1) is 18.6 Å². The van der Waals surface area contributed by atoms with E-state index in [0.717, 1.165) is 35.9 Å². The van der Waals surface area contributed by atoms with Crippen molar-refractivity contribution in [3.05, 3.63) is 43.0 Å². The van der Waals surface area contributed by atoms with Crippen molar-refractivity contribution in [3.8, 4) is 22.8 Å². The zero-order valence-electron chi connectivity index (χ0n) is 13.5. The van der Waals surface area contributed by atoms with Crippen LogP contribution in [-0.2, 0) is 17.8 Å². The normalized spacial score (nSPS) is 11.0. The molecule has 0 bridgehead atoms. The molecular formula is C17H21N5O. The van der Waals surface area contributed by atoms with Gasteiger partial charge in [0.25, 0.3) is 0 Å². The van der Waals surface area contributed by atoms with Gasteiger partial charge in [-0.05, 0) is 13.8 Å². The molecule has 0 aliphatic carbocycles. The lowest BCUT2D eigenvalue weighted by molar-refractivity contribution is 0.139. The average Bonchev–Trinajstić information content (AvgIpc) is 3.21. The summed E-state index contributed by atoms with van der Waals surface area (Å²) in [7, 11) is 0. The highest BCUT2D eigenvalue weighted by atomic mass is 16.5. The van der Waals surface area contributed by atoms with E-state index in [1.54, 1.807) is 6.33 Å². The largest absolute Gasteiger partial charge is 0.380 e. The number of aromatic nitrogens is 5. The molecular weight excluding hydrogens is 290 g/mol. The zero-order chi connectivity index (χ0) is 16.1. The highest BCUT2D eigenvalue weighted by molar-refractivity contribution is 5.75. The lowest BCUT2D eigenvalue weighted by atomic mass is 10.1. The van der Waals surface area contributed by atoms with Gasteiger partial charge >= 0.3 is 0 Å². The summed E-state index contributed by atoms with van der Waals surface area (Å²) in [4.78, 5) is 9.08. The van der Waals surface area contributed by atoms with Crippen LogP contribution in [-0.4, -0.2) is 37.5 Å². The Bertz CT molecular complexity index is 747. The summed E-state index contributed by atoms with van der Waals surface area (Å²) in [5, 5.41) is 4.30. The van der Waals surface area contributed by atoms with Gasteiger partial charge in [0.15, 0.2) is 5.82 Å². The quantitative estimate of drug-likeness (QED) is 0.630. The number of hydrogen-bond acceptors (Lipinski definition) is 4. The first-order chi connectivity index (χ1) is 11.3. The molecule has 0 saturated carbocycles. The first-order valence-corrected chi connectivity index (χ1v) is 7.91. The molecule has 0 atom stereocenters. The summed E-state index contributed by atoms with van der Waals surface area (Å²) in [6.07, 6.45) is 3.44. The molecule has 2 aromatic heterocycles. The van der Waals surface area contributed by atoms with Crippen molar-refractivity contribution in [2.24, 2.45) is 0 Å². The second-order valence-electron chi connectivity index (χ2n) is 5.10. The van der Waals surface area contributed by atoms with Crippen LogP contribution in [0.4, 0.5) is 0 Å². The van der Waals surface area contributed by atoms with Crippen LogP contribution in [0, 0.1) is 0 Å². The number of benzene rings is 1. The maximum absolute atomic E-state index is 5.49. The van der Waals surface area contributed by atoms with E-state index in [0.29, 0.717) is 13.2 Å². The van der Waals surface area contributed by atoms with Crippen molar-refractivity contribution in [2.75, 3.05) is 13.2 Å². The molecule has 6 nitrogen and oxygen atoms in total. The molecule has 23 heavy (non-hydrogen) atoms. The van der Waals surface area contributed by atoms with Crippen molar-refractivity contribution in [3.63, 3.8) is 0 Å². The lowest BCUT2D eigenvalue weighted by Crippen LogP contribution is -2.09. The van der Waals surface area contributed by atoms with E-state index in [4.69, 9.17) is 4.74 Å². The van der Waals surface area contributed by atoms with E-state index >= 15 is 0 Å². The molecule has 0 unspecified atom stereocenters. The maximum Gasteiger partial charge on any atom is 0.177 e. The summed E-state index contributed by atoms with van der Waals surface area (Å²) < 4.78 is 9.47. The molecule has 3 aromatic rings. The van der Waals surface area contributed by atoms with E-state index in [2.05, 4.69) is 38.7 Å². The monoisotopic (exact) mass is 311 g/mol. The van der Waals surface area contributed by atoms with Crippen LogP contribution in [0.1, 0.15) is 13.8 Å². The Hall–Kier alpha value is -2.47. The Balaban J connectivity index is 2.07. The summed E-state index contributed by atoms with van der Waals surface area (Å²) in [5.74, 6) is 0.834. The van der Waals surface area contributed by atoms with Crippen molar-refractivity contribution >= 4 is 0 Å². The first-order valence-electron chi connectivity index (χ1n) is 7.91. The number of imidazole rings is 1. The molecule has 0 aliphatic rings. The number of rotatable bonds is 7. The molecule has 2 heterocycles. The minimum absolute atomic E-state index is 0.647. The van der Waals surface area contributed by atoms with E-state index in [1.165, 1.54) is 0 Å². The third kappa shape index (κ3) is 3.17. The van der Waals surface area contributed by atoms with Gasteiger partial charge in [-0.25, -0.2) is 14.6 Å². The van der Waals surface area contributed by atoms with Gasteiger partial charge in [-0.2, -0.15) is 5.10 Å². The van der Waals surface area contributed by atoms with Crippen LogP contribution in [0.3, 0.4) is 0 Å². The van der Waals surface area contributed by atoms with Gasteiger partial charge in [-0.3, -0.25) is 0 Å². The maximum atomic E-state index is 5.49. The predicted octanol–water partition coefficient (Wildman–Crippen LogP) is 2.87. The molecule has 0 N–H and O–H groups in total. The van der Waals surface area contributed by atoms with Crippen LogP contribution in [0.2, 0.25) is 0 Å². The second kappa shape index (κ2) is 7.19. The fourth-order valence-corrected chi connectivity index (χ4v) is 2.58. The van der Waals surface area contributed by atoms with Gasteiger partial charge in [-0.1, -0.05) is 30.3 Å². The molecule has 0 amide bonds. The summed E-state index contributed by atoms with van der Waals surface area (Å²) >= 11 is 0. The number of hydrogen-bond donors (Lipinski definition) is 0. The van der Waals surface area contributed by atoms with Crippen LogP contribution in [0.25, 0.3) is 22.8 Å². The molecule has 120 valence electrons. The molecule has 0 radical (unpaired) electrons. The van der Waals surface area contributed by atoms with Gasteiger partial charge in [-0.15, -0.1) is 0 Å². The molecule has 0 spiro atoms. The third-order valence-electron chi connectivity index (χ3n) is 3.69. The van der Waals surface area contributed by atoms with Crippen molar-refractivity contribution in [1.82, 2.24) is 24.3 Å². The Labute approximate surface area is 135 Å². The van der Waals surface area contributed by atoms with Crippen LogP contribution in [0.15, 0.2) is 43.0 Å². The highest BCUT2D eigenvalue weighted by Gasteiger charge is 2.19. The Morgan fingerprint density at radius 3 is 2.65 bits per heavy atom. The lowest BCUT2D eigenvalue weighted by Gasteiger charge is -2.10. The fourth-order valence-electron chi connectivity index (χ4n) is 2.58. The summed E-state index contributed by atoms with van der Waals surface area (Å²) in [6.45, 7) is 6.91. The number of aryl methyl sites for hydroxylation is 1. The Kier molecular flexibility index (Phi) is 4.83. The third-order valence-corrected chi connectivity index (χ3v) is 3.69. The predicted molar refractivity (Wildman–Crippen MR) is 88.8 cm³/mol. The zero-order valence-corrected chi connectivity index (χ0v) is 13.5. The fraction of sp³-hybridized carbons (Fsp3) is 0.353. The first kappa shape index (κ1) is 15.4. The minimum atomic E-state index is 0.647. The molecule has 6 heteroatoms. The average molecular weight is 311 g/mol. The number of nitrogens with zero attached hydrogens (tertiary/aromatic N) is 5. The standard InChI is InChI=1S/C17H21N5O/c1-3-22-17(18-12-20-22)16-15(14-8-6-5-7-9-14)19-13-21(16)10-11-23-4-2/h5-9,12-13H,3-4,10-11H2,1-2H3. The highest BCUT2D eigenvalue weighted by Crippen LogP contribution is 2.29. The second-order valence-corrected chi connectivity index (χ2v) is 5.10. The van der Waals surface area contributed by atoms with Crippen molar-refractivity contribution < 1.29 is 4.74 Å². The Morgan fingerprint density at radius 1 is 1.09 bits per heavy atom. The van der Waals surface area contributed by atoms with E-state index in [9.17, 15) is 0 Å². The van der Waals surface area contributed by atoms with Gasteiger partial charge < -0.3 is 9.30 Å². The van der Waals surface area contributed by atoms with Crippen LogP contribution >= 0.6 is 0 Å². The van der Waals surface area contributed by atoms with Gasteiger partial charge in [0.2, 0.25) is 0 Å². The smallest absolute Gasteiger partial charge is 0.177 e. The minimum Gasteiger partial charge on any atom is -0.380 e. The van der Waals surface area contributed by atoms with Crippen molar-refractivity contribution in [1.29, 1.82) is 0 Å². The molecule has 1 aromatic carbocycles. The topological polar surface area (TPSA) is 57.8 Å².